The standard InChI is InChI=1S/C18H20Cl2N4O4S/c1-2-21-17-11-13(3-6-18(17)24(25)26)22-7-9-23(10-8-22)29(27,28)14-4-5-15(19)16(20)12-14/h3-6,11-12,21H,2,7-10H2,1H3. The minimum atomic E-state index is -3.68. The number of hydrogen-bond acceptors (Lipinski definition) is 6. The van der Waals surface area contributed by atoms with Crippen LogP contribution in [0.25, 0.3) is 0 Å². The number of sulfonamides is 1. The molecule has 1 aliphatic heterocycles. The first-order valence-electron chi connectivity index (χ1n) is 8.96. The number of piperazine rings is 1. The van der Waals surface area contributed by atoms with Crippen molar-refractivity contribution in [1.29, 1.82) is 0 Å². The van der Waals surface area contributed by atoms with E-state index in [1.807, 2.05) is 11.8 Å². The minimum absolute atomic E-state index is 0.0106. The summed E-state index contributed by atoms with van der Waals surface area (Å²) in [7, 11) is -3.68. The molecule has 0 radical (unpaired) electrons. The van der Waals surface area contributed by atoms with Gasteiger partial charge in [0.25, 0.3) is 5.69 Å². The van der Waals surface area contributed by atoms with Gasteiger partial charge in [0.15, 0.2) is 0 Å². The maximum Gasteiger partial charge on any atom is 0.292 e. The van der Waals surface area contributed by atoms with Gasteiger partial charge in [-0.3, -0.25) is 10.1 Å². The number of hydrogen-bond donors (Lipinski definition) is 1. The maximum absolute atomic E-state index is 12.9. The van der Waals surface area contributed by atoms with E-state index in [1.54, 1.807) is 12.1 Å². The van der Waals surface area contributed by atoms with E-state index in [1.165, 1.54) is 28.6 Å². The monoisotopic (exact) mass is 458 g/mol. The quantitative estimate of drug-likeness (QED) is 0.521. The fraction of sp³-hybridized carbons (Fsp3) is 0.333. The zero-order valence-electron chi connectivity index (χ0n) is 15.6. The summed E-state index contributed by atoms with van der Waals surface area (Å²) < 4.78 is 27.1. The molecule has 1 saturated heterocycles. The molecule has 0 amide bonds. The van der Waals surface area contributed by atoms with Crippen LogP contribution in [0.15, 0.2) is 41.3 Å². The van der Waals surface area contributed by atoms with Crippen molar-refractivity contribution < 1.29 is 13.3 Å². The minimum Gasteiger partial charge on any atom is -0.380 e. The SMILES string of the molecule is CCNc1cc(N2CCN(S(=O)(=O)c3ccc(Cl)c(Cl)c3)CC2)ccc1[N+](=O)[O-]. The first-order valence-corrected chi connectivity index (χ1v) is 11.2. The number of nitrogens with one attached hydrogen (secondary N) is 1. The van der Waals surface area contributed by atoms with Crippen LogP contribution in [0.4, 0.5) is 17.1 Å². The molecule has 0 unspecified atom stereocenters. The molecule has 156 valence electrons. The van der Waals surface area contributed by atoms with E-state index in [-0.39, 0.29) is 28.7 Å². The van der Waals surface area contributed by atoms with Crippen LogP contribution in [0.1, 0.15) is 6.92 Å². The van der Waals surface area contributed by atoms with Crippen molar-refractivity contribution in [3.05, 3.63) is 56.6 Å². The Morgan fingerprint density at radius 1 is 1.07 bits per heavy atom. The second kappa shape index (κ2) is 8.74. The number of nitro benzene ring substituents is 1. The molecule has 1 heterocycles. The largest absolute Gasteiger partial charge is 0.380 e. The molecule has 1 aliphatic rings. The Bertz CT molecular complexity index is 1020. The third-order valence-electron chi connectivity index (χ3n) is 4.68. The molecule has 0 saturated carbocycles. The topological polar surface area (TPSA) is 95.8 Å². The predicted molar refractivity (Wildman–Crippen MR) is 115 cm³/mol. The van der Waals surface area contributed by atoms with Gasteiger partial charge in [-0.2, -0.15) is 4.31 Å². The van der Waals surface area contributed by atoms with Crippen molar-refractivity contribution in [3.8, 4) is 0 Å². The average Bonchev–Trinajstić information content (AvgIpc) is 2.70. The highest BCUT2D eigenvalue weighted by atomic mass is 35.5. The number of nitro groups is 1. The lowest BCUT2D eigenvalue weighted by Gasteiger charge is -2.35. The number of nitrogens with zero attached hydrogens (tertiary/aromatic N) is 3. The van der Waals surface area contributed by atoms with Crippen LogP contribution in [0, 0.1) is 10.1 Å². The lowest BCUT2D eigenvalue weighted by atomic mass is 10.2. The van der Waals surface area contributed by atoms with Gasteiger partial charge in [-0.15, -0.1) is 0 Å². The van der Waals surface area contributed by atoms with Gasteiger partial charge in [0.2, 0.25) is 10.0 Å². The summed E-state index contributed by atoms with van der Waals surface area (Å²) in [4.78, 5) is 12.9. The zero-order chi connectivity index (χ0) is 21.2. The summed E-state index contributed by atoms with van der Waals surface area (Å²) >= 11 is 11.8. The average molecular weight is 459 g/mol. The molecule has 0 aromatic heterocycles. The molecule has 2 aromatic rings. The van der Waals surface area contributed by atoms with E-state index in [0.717, 1.165) is 5.69 Å². The van der Waals surface area contributed by atoms with Gasteiger partial charge in [0, 0.05) is 44.5 Å². The molecule has 0 spiro atoms. The highest BCUT2D eigenvalue weighted by Gasteiger charge is 2.29. The van der Waals surface area contributed by atoms with Crippen molar-refractivity contribution >= 4 is 50.3 Å². The third kappa shape index (κ3) is 4.58. The van der Waals surface area contributed by atoms with Gasteiger partial charge in [0.05, 0.1) is 19.9 Å². The molecule has 0 bridgehead atoms. The van der Waals surface area contributed by atoms with Gasteiger partial charge in [-0.1, -0.05) is 23.2 Å². The summed E-state index contributed by atoms with van der Waals surface area (Å²) in [5.74, 6) is 0. The molecule has 0 atom stereocenters. The number of benzene rings is 2. The van der Waals surface area contributed by atoms with Crippen LogP contribution in [0.5, 0.6) is 0 Å². The predicted octanol–water partition coefficient (Wildman–Crippen LogP) is 3.84. The molecule has 1 N–H and O–H groups in total. The lowest BCUT2D eigenvalue weighted by molar-refractivity contribution is -0.383. The van der Waals surface area contributed by atoms with Crippen LogP contribution < -0.4 is 10.2 Å². The molecule has 11 heteroatoms. The molecule has 3 rings (SSSR count). The second-order valence-corrected chi connectivity index (χ2v) is 9.21. The zero-order valence-corrected chi connectivity index (χ0v) is 18.0. The fourth-order valence-electron chi connectivity index (χ4n) is 3.19. The molecule has 8 nitrogen and oxygen atoms in total. The van der Waals surface area contributed by atoms with Crippen LogP contribution in [-0.4, -0.2) is 50.4 Å². The van der Waals surface area contributed by atoms with Gasteiger partial charge < -0.3 is 10.2 Å². The second-order valence-electron chi connectivity index (χ2n) is 6.46. The van der Waals surface area contributed by atoms with E-state index in [9.17, 15) is 18.5 Å². The van der Waals surface area contributed by atoms with Crippen LogP contribution in [-0.2, 0) is 10.0 Å². The number of rotatable bonds is 6. The molecule has 0 aliphatic carbocycles. The first kappa shape index (κ1) is 21.6. The van der Waals surface area contributed by atoms with E-state index in [2.05, 4.69) is 5.32 Å². The maximum atomic E-state index is 12.9. The molecule has 1 fully saturated rings. The molecular weight excluding hydrogens is 439 g/mol. The Labute approximate surface area is 179 Å². The molecule has 2 aromatic carbocycles. The summed E-state index contributed by atoms with van der Waals surface area (Å²) in [5, 5.41) is 14.7. The van der Waals surface area contributed by atoms with E-state index in [0.29, 0.717) is 30.3 Å². The Morgan fingerprint density at radius 3 is 2.34 bits per heavy atom. The summed E-state index contributed by atoms with van der Waals surface area (Å²) in [6.07, 6.45) is 0. The van der Waals surface area contributed by atoms with Crippen molar-refractivity contribution in [2.75, 3.05) is 42.9 Å². The fourth-order valence-corrected chi connectivity index (χ4v) is 5.00. The Balaban J connectivity index is 1.75. The first-order chi connectivity index (χ1) is 13.7. The van der Waals surface area contributed by atoms with Crippen LogP contribution >= 0.6 is 23.2 Å². The van der Waals surface area contributed by atoms with Crippen LogP contribution in [0.2, 0.25) is 10.0 Å². The van der Waals surface area contributed by atoms with Crippen molar-refractivity contribution in [3.63, 3.8) is 0 Å². The Morgan fingerprint density at radius 2 is 1.76 bits per heavy atom. The number of halogens is 2. The number of anilines is 2. The molecular formula is C18H20Cl2N4O4S. The summed E-state index contributed by atoms with van der Waals surface area (Å²) in [6, 6.07) is 9.13. The summed E-state index contributed by atoms with van der Waals surface area (Å²) in [5.41, 5.74) is 1.26. The smallest absolute Gasteiger partial charge is 0.292 e. The highest BCUT2D eigenvalue weighted by Crippen LogP contribution is 2.31. The highest BCUT2D eigenvalue weighted by molar-refractivity contribution is 7.89. The van der Waals surface area contributed by atoms with E-state index >= 15 is 0 Å². The Hall–Kier alpha value is -2.07. The molecule has 29 heavy (non-hydrogen) atoms. The van der Waals surface area contributed by atoms with E-state index < -0.39 is 14.9 Å². The Kier molecular flexibility index (Phi) is 6.52. The lowest BCUT2D eigenvalue weighted by Crippen LogP contribution is -2.48. The summed E-state index contributed by atoms with van der Waals surface area (Å²) in [6.45, 7) is 3.92. The van der Waals surface area contributed by atoms with Crippen molar-refractivity contribution in [2.24, 2.45) is 0 Å². The van der Waals surface area contributed by atoms with Gasteiger partial charge >= 0.3 is 0 Å². The van der Waals surface area contributed by atoms with Gasteiger partial charge in [-0.05, 0) is 37.3 Å². The third-order valence-corrected chi connectivity index (χ3v) is 7.31. The van der Waals surface area contributed by atoms with Crippen molar-refractivity contribution in [2.45, 2.75) is 11.8 Å². The normalized spacial score (nSPS) is 15.3. The van der Waals surface area contributed by atoms with Crippen LogP contribution in [0.3, 0.4) is 0 Å². The van der Waals surface area contributed by atoms with Gasteiger partial charge in [0.1, 0.15) is 5.69 Å². The van der Waals surface area contributed by atoms with Crippen molar-refractivity contribution in [1.82, 2.24) is 4.31 Å². The van der Waals surface area contributed by atoms with Gasteiger partial charge in [-0.25, -0.2) is 8.42 Å². The van der Waals surface area contributed by atoms with E-state index in [4.69, 9.17) is 23.2 Å².